The molecule has 2 heterocycles. The second kappa shape index (κ2) is 5.78. The minimum Gasteiger partial charge on any atom is -0.337 e. The second-order valence-electron chi connectivity index (χ2n) is 4.57. The normalized spacial score (nSPS) is 23.6. The van der Waals surface area contributed by atoms with Gasteiger partial charge in [-0.3, -0.25) is 0 Å². The summed E-state index contributed by atoms with van der Waals surface area (Å²) in [5, 5.41) is 9.90. The molecule has 1 aliphatic heterocycles. The Morgan fingerprint density at radius 3 is 3.06 bits per heavy atom. The topological polar surface area (TPSA) is 41.1 Å². The maximum Gasteiger partial charge on any atom is 0.315 e. The van der Waals surface area contributed by atoms with Crippen LogP contribution < -0.4 is 10.6 Å². The fourth-order valence-corrected chi connectivity index (χ4v) is 3.79. The molecule has 1 aromatic rings. The van der Waals surface area contributed by atoms with Crippen molar-refractivity contribution in [2.24, 2.45) is 0 Å². The zero-order valence-corrected chi connectivity index (χ0v) is 11.6. The predicted octanol–water partition coefficient (Wildman–Crippen LogP) is 2.83. The van der Waals surface area contributed by atoms with E-state index in [0.717, 1.165) is 12.1 Å². The summed E-state index contributed by atoms with van der Waals surface area (Å²) in [6.45, 7) is 3.59. The van der Waals surface area contributed by atoms with Gasteiger partial charge in [-0.25, -0.2) is 4.79 Å². The highest BCUT2D eigenvalue weighted by Crippen LogP contribution is 2.36. The number of thioether (sulfide) groups is 1. The smallest absolute Gasteiger partial charge is 0.315 e. The highest BCUT2D eigenvalue weighted by atomic mass is 32.2. The molecule has 1 atom stereocenters. The standard InChI is InChI=1S/C12H18N2OS2/c1-12(4-2-5-17-12)9-14-11(15)13-7-10-3-6-16-8-10/h3,6,8H,2,4-5,7,9H2,1H3,(H2,13,14,15)/t12-/m1/s1. The van der Waals surface area contributed by atoms with E-state index < -0.39 is 0 Å². The monoisotopic (exact) mass is 270 g/mol. The quantitative estimate of drug-likeness (QED) is 0.883. The van der Waals surface area contributed by atoms with E-state index in [2.05, 4.69) is 22.9 Å². The summed E-state index contributed by atoms with van der Waals surface area (Å²) in [6, 6.07) is 1.96. The van der Waals surface area contributed by atoms with Crippen LogP contribution in [0.15, 0.2) is 16.8 Å². The lowest BCUT2D eigenvalue weighted by molar-refractivity contribution is 0.239. The zero-order chi connectivity index (χ0) is 12.1. The van der Waals surface area contributed by atoms with Gasteiger partial charge in [0.1, 0.15) is 0 Å². The maximum absolute atomic E-state index is 11.6. The van der Waals surface area contributed by atoms with Gasteiger partial charge in [-0.05, 0) is 47.9 Å². The van der Waals surface area contributed by atoms with Gasteiger partial charge in [-0.2, -0.15) is 23.1 Å². The lowest BCUT2D eigenvalue weighted by atomic mass is 10.1. The maximum atomic E-state index is 11.6. The van der Waals surface area contributed by atoms with Crippen molar-refractivity contribution in [2.75, 3.05) is 12.3 Å². The number of hydrogen-bond acceptors (Lipinski definition) is 3. The van der Waals surface area contributed by atoms with Crippen molar-refractivity contribution in [1.82, 2.24) is 10.6 Å². The van der Waals surface area contributed by atoms with Crippen LogP contribution in [-0.4, -0.2) is 23.1 Å². The summed E-state index contributed by atoms with van der Waals surface area (Å²) in [5.41, 5.74) is 1.16. The van der Waals surface area contributed by atoms with Crippen molar-refractivity contribution in [3.05, 3.63) is 22.4 Å². The molecule has 17 heavy (non-hydrogen) atoms. The van der Waals surface area contributed by atoms with Gasteiger partial charge in [0, 0.05) is 17.8 Å². The molecule has 0 aliphatic carbocycles. The number of amides is 2. The first-order chi connectivity index (χ1) is 8.18. The van der Waals surface area contributed by atoms with Crippen LogP contribution in [0.2, 0.25) is 0 Å². The van der Waals surface area contributed by atoms with Gasteiger partial charge >= 0.3 is 6.03 Å². The van der Waals surface area contributed by atoms with Crippen molar-refractivity contribution in [3.8, 4) is 0 Å². The SMILES string of the molecule is C[C@]1(CNC(=O)NCc2ccsc2)CCCS1. The number of carbonyl (C=O) groups is 1. The third-order valence-electron chi connectivity index (χ3n) is 2.96. The van der Waals surface area contributed by atoms with E-state index in [1.807, 2.05) is 23.2 Å². The fraction of sp³-hybridized carbons (Fsp3) is 0.583. The van der Waals surface area contributed by atoms with Gasteiger partial charge in [-0.1, -0.05) is 0 Å². The molecule has 0 aromatic carbocycles. The average Bonchev–Trinajstić information content (AvgIpc) is 2.95. The molecule has 0 spiro atoms. The highest BCUT2D eigenvalue weighted by molar-refractivity contribution is 8.00. The number of urea groups is 1. The van der Waals surface area contributed by atoms with Crippen molar-refractivity contribution in [2.45, 2.75) is 31.1 Å². The van der Waals surface area contributed by atoms with Gasteiger partial charge in [0.25, 0.3) is 0 Å². The van der Waals surface area contributed by atoms with Crippen LogP contribution in [-0.2, 0) is 6.54 Å². The Morgan fingerprint density at radius 1 is 1.53 bits per heavy atom. The molecule has 2 amide bonds. The van der Waals surface area contributed by atoms with Crippen LogP contribution in [0.25, 0.3) is 0 Å². The van der Waals surface area contributed by atoms with E-state index in [-0.39, 0.29) is 10.8 Å². The van der Waals surface area contributed by atoms with E-state index in [1.54, 1.807) is 11.3 Å². The number of rotatable bonds is 4. The van der Waals surface area contributed by atoms with Gasteiger partial charge < -0.3 is 10.6 Å². The van der Waals surface area contributed by atoms with Gasteiger partial charge in [0.05, 0.1) is 0 Å². The van der Waals surface area contributed by atoms with E-state index in [1.165, 1.54) is 18.6 Å². The van der Waals surface area contributed by atoms with Crippen LogP contribution in [0.1, 0.15) is 25.3 Å². The van der Waals surface area contributed by atoms with Crippen molar-refractivity contribution in [3.63, 3.8) is 0 Å². The van der Waals surface area contributed by atoms with Crippen LogP contribution in [0, 0.1) is 0 Å². The summed E-state index contributed by atoms with van der Waals surface area (Å²) in [6.07, 6.45) is 2.46. The van der Waals surface area contributed by atoms with Crippen LogP contribution in [0.4, 0.5) is 4.79 Å². The first-order valence-electron chi connectivity index (χ1n) is 5.85. The predicted molar refractivity (Wildman–Crippen MR) is 74.7 cm³/mol. The molecule has 94 valence electrons. The second-order valence-corrected chi connectivity index (χ2v) is 7.03. The lowest BCUT2D eigenvalue weighted by Crippen LogP contribution is -2.42. The first kappa shape index (κ1) is 12.8. The first-order valence-corrected chi connectivity index (χ1v) is 7.78. The van der Waals surface area contributed by atoms with E-state index in [9.17, 15) is 4.79 Å². The summed E-state index contributed by atoms with van der Waals surface area (Å²) in [5.74, 6) is 1.22. The van der Waals surface area contributed by atoms with Crippen LogP contribution in [0.5, 0.6) is 0 Å². The van der Waals surface area contributed by atoms with Crippen molar-refractivity contribution < 1.29 is 4.79 Å². The Balaban J connectivity index is 1.67. The molecule has 0 unspecified atom stereocenters. The molecular formula is C12H18N2OS2. The average molecular weight is 270 g/mol. The Morgan fingerprint density at radius 2 is 2.41 bits per heavy atom. The number of hydrogen-bond donors (Lipinski definition) is 2. The molecule has 0 radical (unpaired) electrons. The molecule has 1 aliphatic rings. The van der Waals surface area contributed by atoms with Gasteiger partial charge in [-0.15, -0.1) is 0 Å². The number of thiophene rings is 1. The Kier molecular flexibility index (Phi) is 4.34. The molecule has 0 saturated carbocycles. The third kappa shape index (κ3) is 3.92. The molecule has 1 aromatic heterocycles. The summed E-state index contributed by atoms with van der Waals surface area (Å²) >= 11 is 3.61. The lowest BCUT2D eigenvalue weighted by Gasteiger charge is -2.22. The molecule has 2 N–H and O–H groups in total. The Hall–Kier alpha value is -0.680. The molecule has 2 rings (SSSR count). The minimum atomic E-state index is -0.0649. The molecule has 5 heteroatoms. The molecular weight excluding hydrogens is 252 g/mol. The van der Waals surface area contributed by atoms with Crippen molar-refractivity contribution in [1.29, 1.82) is 0 Å². The molecule has 1 fully saturated rings. The zero-order valence-electron chi connectivity index (χ0n) is 9.99. The Bertz CT molecular complexity index is 359. The van der Waals surface area contributed by atoms with Crippen LogP contribution in [0.3, 0.4) is 0 Å². The number of carbonyl (C=O) groups excluding carboxylic acids is 1. The van der Waals surface area contributed by atoms with E-state index >= 15 is 0 Å². The fourth-order valence-electron chi connectivity index (χ4n) is 1.88. The van der Waals surface area contributed by atoms with Gasteiger partial charge in [0.2, 0.25) is 0 Å². The molecule has 1 saturated heterocycles. The van der Waals surface area contributed by atoms with Gasteiger partial charge in [0.15, 0.2) is 0 Å². The number of nitrogens with one attached hydrogen (secondary N) is 2. The minimum absolute atomic E-state index is 0.0649. The summed E-state index contributed by atoms with van der Waals surface area (Å²) in [4.78, 5) is 11.6. The van der Waals surface area contributed by atoms with E-state index in [0.29, 0.717) is 6.54 Å². The summed E-state index contributed by atoms with van der Waals surface area (Å²) < 4.78 is 0.236. The summed E-state index contributed by atoms with van der Waals surface area (Å²) in [7, 11) is 0. The molecule has 0 bridgehead atoms. The third-order valence-corrected chi connectivity index (χ3v) is 5.23. The molecule has 3 nitrogen and oxygen atoms in total. The van der Waals surface area contributed by atoms with Crippen LogP contribution >= 0.6 is 23.1 Å². The highest BCUT2D eigenvalue weighted by Gasteiger charge is 2.29. The van der Waals surface area contributed by atoms with Crippen molar-refractivity contribution >= 4 is 29.1 Å². The Labute approximate surface area is 110 Å². The van der Waals surface area contributed by atoms with E-state index in [4.69, 9.17) is 0 Å². The largest absolute Gasteiger partial charge is 0.337 e.